The minimum Gasteiger partial charge on any atom is -0.481 e. The highest BCUT2D eigenvalue weighted by Crippen LogP contribution is 2.04. The molecule has 0 radical (unpaired) electrons. The van der Waals surface area contributed by atoms with Crippen molar-refractivity contribution >= 4 is 41.6 Å². The molecule has 0 aliphatic rings. The Bertz CT molecular complexity index is 815. The Morgan fingerprint density at radius 1 is 0.771 bits per heavy atom. The Hall–Kier alpha value is -3.99. The molecule has 3 amide bonds. The summed E-state index contributed by atoms with van der Waals surface area (Å²) in [5.41, 5.74) is 15.7. The Labute approximate surface area is 199 Å². The van der Waals surface area contributed by atoms with E-state index in [9.17, 15) is 39.0 Å². The van der Waals surface area contributed by atoms with Gasteiger partial charge in [0.05, 0.1) is 19.1 Å². The van der Waals surface area contributed by atoms with Crippen molar-refractivity contribution in [2.75, 3.05) is 13.2 Å². The Balaban J connectivity index is 5.34. The van der Waals surface area contributed by atoms with Crippen LogP contribution < -0.4 is 33.2 Å². The van der Waals surface area contributed by atoms with Gasteiger partial charge in [0.25, 0.3) is 0 Å². The van der Waals surface area contributed by atoms with E-state index < -0.39 is 85.7 Å². The second kappa shape index (κ2) is 15.8. The summed E-state index contributed by atoms with van der Waals surface area (Å²) < 4.78 is 0. The van der Waals surface area contributed by atoms with Crippen molar-refractivity contribution in [2.45, 2.75) is 56.3 Å². The van der Waals surface area contributed by atoms with Gasteiger partial charge in [-0.3, -0.25) is 29.0 Å². The normalized spacial score (nSPS) is 13.9. The Morgan fingerprint density at radius 3 is 1.80 bits per heavy atom. The van der Waals surface area contributed by atoms with Gasteiger partial charge in [0.2, 0.25) is 17.7 Å². The molecule has 0 rings (SSSR count). The van der Waals surface area contributed by atoms with E-state index in [4.69, 9.17) is 27.4 Å². The maximum absolute atomic E-state index is 12.6. The highest BCUT2D eigenvalue weighted by atomic mass is 16.4. The standard InChI is InChI=1S/C18H31N7O10/c19-8(6-13(29)30)14(31)25-11(7-26)16(33)23-9(3-4-12(27)28)15(32)24-10(17(34)35)2-1-5-22-18(20)21/h8-11,26H,1-7,19H2,(H,23,33)(H,24,32)(H,25,31)(H,27,28)(H,29,30)(H,34,35)(H4,20,21,22). The number of aliphatic hydroxyl groups is 1. The van der Waals surface area contributed by atoms with Crippen molar-refractivity contribution in [1.82, 2.24) is 16.0 Å². The van der Waals surface area contributed by atoms with Crippen LogP contribution in [0.3, 0.4) is 0 Å². The van der Waals surface area contributed by atoms with Gasteiger partial charge in [-0.15, -0.1) is 0 Å². The van der Waals surface area contributed by atoms with Gasteiger partial charge in [0.15, 0.2) is 5.96 Å². The molecule has 0 aliphatic carbocycles. The van der Waals surface area contributed by atoms with E-state index in [1.165, 1.54) is 0 Å². The number of aliphatic imine (C=N–C) groups is 1. The average molecular weight is 505 g/mol. The summed E-state index contributed by atoms with van der Waals surface area (Å²) in [6.45, 7) is -0.879. The molecule has 13 N–H and O–H groups in total. The molecule has 0 saturated carbocycles. The molecule has 0 saturated heterocycles. The third-order valence-corrected chi connectivity index (χ3v) is 4.39. The minimum absolute atomic E-state index is 0.0864. The molecule has 0 aromatic heterocycles. The third kappa shape index (κ3) is 13.3. The number of carboxylic acid groups (broad SMARTS) is 3. The highest BCUT2D eigenvalue weighted by Gasteiger charge is 2.30. The molecule has 0 bridgehead atoms. The van der Waals surface area contributed by atoms with Gasteiger partial charge in [-0.2, -0.15) is 0 Å². The van der Waals surface area contributed by atoms with Gasteiger partial charge < -0.3 is 53.6 Å². The van der Waals surface area contributed by atoms with Gasteiger partial charge in [-0.25, -0.2) is 4.79 Å². The van der Waals surface area contributed by atoms with Crippen LogP contribution in [-0.4, -0.2) is 99.3 Å². The molecule has 35 heavy (non-hydrogen) atoms. The highest BCUT2D eigenvalue weighted by molar-refractivity contribution is 5.95. The first-order valence-corrected chi connectivity index (χ1v) is 10.3. The van der Waals surface area contributed by atoms with Crippen molar-refractivity contribution in [3.8, 4) is 0 Å². The summed E-state index contributed by atoms with van der Waals surface area (Å²) in [6.07, 6.45) is -1.70. The van der Waals surface area contributed by atoms with E-state index in [1.807, 2.05) is 5.32 Å². The van der Waals surface area contributed by atoms with Gasteiger partial charge in [-0.05, 0) is 19.3 Å². The molecule has 0 spiro atoms. The van der Waals surface area contributed by atoms with E-state index >= 15 is 0 Å². The van der Waals surface area contributed by atoms with E-state index in [0.717, 1.165) is 0 Å². The number of amides is 3. The van der Waals surface area contributed by atoms with E-state index in [2.05, 4.69) is 15.6 Å². The number of hydrogen-bond donors (Lipinski definition) is 10. The Kier molecular flexibility index (Phi) is 14.0. The maximum Gasteiger partial charge on any atom is 0.326 e. The molecule has 0 heterocycles. The number of nitrogens with one attached hydrogen (secondary N) is 3. The summed E-state index contributed by atoms with van der Waals surface area (Å²) in [7, 11) is 0. The summed E-state index contributed by atoms with van der Waals surface area (Å²) in [5.74, 6) is -7.51. The fourth-order valence-corrected chi connectivity index (χ4v) is 2.60. The largest absolute Gasteiger partial charge is 0.481 e. The van der Waals surface area contributed by atoms with Crippen LogP contribution in [0.5, 0.6) is 0 Å². The number of carboxylic acids is 3. The zero-order chi connectivity index (χ0) is 27.1. The third-order valence-electron chi connectivity index (χ3n) is 4.39. The first-order valence-electron chi connectivity index (χ1n) is 10.3. The fraction of sp³-hybridized carbons (Fsp3) is 0.611. The fourth-order valence-electron chi connectivity index (χ4n) is 2.60. The van der Waals surface area contributed by atoms with Gasteiger partial charge in [0, 0.05) is 13.0 Å². The molecule has 17 heteroatoms. The smallest absolute Gasteiger partial charge is 0.326 e. The molecule has 17 nitrogen and oxygen atoms in total. The van der Waals surface area contributed by atoms with E-state index in [-0.39, 0.29) is 25.3 Å². The first kappa shape index (κ1) is 31.0. The van der Waals surface area contributed by atoms with Crippen molar-refractivity contribution in [1.29, 1.82) is 0 Å². The summed E-state index contributed by atoms with van der Waals surface area (Å²) in [5, 5.41) is 42.7. The number of carbonyl (C=O) groups is 6. The van der Waals surface area contributed by atoms with Crippen LogP contribution in [0.25, 0.3) is 0 Å². The topological polar surface area (TPSA) is 310 Å². The van der Waals surface area contributed by atoms with Crippen LogP contribution in [-0.2, 0) is 28.8 Å². The number of aliphatic carboxylic acids is 3. The van der Waals surface area contributed by atoms with E-state index in [1.54, 1.807) is 0 Å². The maximum atomic E-state index is 12.6. The molecule has 4 unspecified atom stereocenters. The van der Waals surface area contributed by atoms with Crippen LogP contribution in [0.15, 0.2) is 4.99 Å². The lowest BCUT2D eigenvalue weighted by Gasteiger charge is -2.24. The zero-order valence-corrected chi connectivity index (χ0v) is 18.7. The van der Waals surface area contributed by atoms with Crippen LogP contribution in [0.2, 0.25) is 0 Å². The molecule has 0 fully saturated rings. The lowest BCUT2D eigenvalue weighted by Crippen LogP contribution is -2.58. The summed E-state index contributed by atoms with van der Waals surface area (Å²) in [6, 6.07) is -6.15. The monoisotopic (exact) mass is 505 g/mol. The second-order valence-electron chi connectivity index (χ2n) is 7.29. The SMILES string of the molecule is NC(N)=NCCCC(NC(=O)C(CCC(=O)O)NC(=O)C(CO)NC(=O)C(N)CC(=O)O)C(=O)O. The van der Waals surface area contributed by atoms with Crippen LogP contribution in [0, 0.1) is 0 Å². The van der Waals surface area contributed by atoms with Crippen LogP contribution in [0.1, 0.15) is 32.1 Å². The molecule has 198 valence electrons. The van der Waals surface area contributed by atoms with Crippen molar-refractivity contribution in [3.63, 3.8) is 0 Å². The average Bonchev–Trinajstić information content (AvgIpc) is 2.75. The predicted octanol–water partition coefficient (Wildman–Crippen LogP) is -4.76. The summed E-state index contributed by atoms with van der Waals surface area (Å²) in [4.78, 5) is 73.8. The zero-order valence-electron chi connectivity index (χ0n) is 18.7. The number of nitrogens with zero attached hydrogens (tertiary/aromatic N) is 1. The lowest BCUT2D eigenvalue weighted by molar-refractivity contribution is -0.143. The quantitative estimate of drug-likeness (QED) is 0.0504. The first-order chi connectivity index (χ1) is 16.3. The van der Waals surface area contributed by atoms with Crippen molar-refractivity contribution in [2.24, 2.45) is 22.2 Å². The minimum atomic E-state index is -1.66. The number of carbonyl (C=O) groups excluding carboxylic acids is 3. The van der Waals surface area contributed by atoms with Crippen LogP contribution in [0.4, 0.5) is 0 Å². The number of nitrogens with two attached hydrogens (primary N) is 3. The molecule has 0 aliphatic heterocycles. The lowest BCUT2D eigenvalue weighted by atomic mass is 10.1. The molecule has 0 aromatic carbocycles. The molecule has 0 aromatic rings. The van der Waals surface area contributed by atoms with Crippen molar-refractivity contribution in [3.05, 3.63) is 0 Å². The molecular formula is C18H31N7O10. The number of rotatable bonds is 17. The predicted molar refractivity (Wildman–Crippen MR) is 118 cm³/mol. The Morgan fingerprint density at radius 2 is 1.31 bits per heavy atom. The number of aliphatic hydroxyl groups excluding tert-OH is 1. The van der Waals surface area contributed by atoms with Crippen LogP contribution >= 0.6 is 0 Å². The number of hydrogen-bond acceptors (Lipinski definition) is 9. The van der Waals surface area contributed by atoms with Gasteiger partial charge in [0.1, 0.15) is 18.1 Å². The number of guanidine groups is 1. The summed E-state index contributed by atoms with van der Waals surface area (Å²) >= 11 is 0. The molecule has 4 atom stereocenters. The van der Waals surface area contributed by atoms with Gasteiger partial charge in [-0.1, -0.05) is 0 Å². The van der Waals surface area contributed by atoms with Gasteiger partial charge >= 0.3 is 17.9 Å². The van der Waals surface area contributed by atoms with Crippen molar-refractivity contribution < 1.29 is 49.2 Å². The second-order valence-corrected chi connectivity index (χ2v) is 7.29. The van der Waals surface area contributed by atoms with E-state index in [0.29, 0.717) is 0 Å². The molecular weight excluding hydrogens is 474 g/mol.